The Hall–Kier alpha value is -2.36. The number of pyridine rings is 1. The van der Waals surface area contributed by atoms with Crippen LogP contribution in [0.25, 0.3) is 0 Å². The molecule has 0 aliphatic heterocycles. The number of hydrogen-bond acceptors (Lipinski definition) is 3. The van der Waals surface area contributed by atoms with Crippen LogP contribution in [0.4, 0.5) is 0 Å². The molecule has 0 spiro atoms. The maximum Gasteiger partial charge on any atom is 0.307 e. The highest BCUT2D eigenvalue weighted by Crippen LogP contribution is 2.48. The van der Waals surface area contributed by atoms with Gasteiger partial charge in [0.2, 0.25) is 0 Å². The zero-order chi connectivity index (χ0) is 13.9. The molecular formula is C16H15NO3. The van der Waals surface area contributed by atoms with E-state index >= 15 is 0 Å². The number of aliphatic carboxylic acids is 1. The molecule has 2 unspecified atom stereocenters. The first-order valence-corrected chi connectivity index (χ1v) is 6.59. The second-order valence-corrected chi connectivity index (χ2v) is 4.97. The first-order chi connectivity index (χ1) is 9.74. The Morgan fingerprint density at radius 2 is 2.20 bits per heavy atom. The van der Waals surface area contributed by atoms with E-state index in [4.69, 9.17) is 9.84 Å². The Morgan fingerprint density at radius 1 is 1.30 bits per heavy atom. The number of aromatic nitrogens is 1. The molecule has 0 radical (unpaired) electrons. The highest BCUT2D eigenvalue weighted by molar-refractivity contribution is 5.75. The summed E-state index contributed by atoms with van der Waals surface area (Å²) in [5.41, 5.74) is 1.91. The second kappa shape index (κ2) is 5.33. The van der Waals surface area contributed by atoms with Gasteiger partial charge >= 0.3 is 5.97 Å². The van der Waals surface area contributed by atoms with Crippen molar-refractivity contribution in [2.24, 2.45) is 5.92 Å². The van der Waals surface area contributed by atoms with Crippen LogP contribution >= 0.6 is 0 Å². The number of carboxylic acid groups (broad SMARTS) is 1. The molecule has 1 N–H and O–H groups in total. The fraction of sp³-hybridized carbons (Fsp3) is 0.250. The minimum absolute atomic E-state index is 0.130. The average Bonchev–Trinajstić information content (AvgIpc) is 3.27. The molecule has 4 heteroatoms. The van der Waals surface area contributed by atoms with E-state index in [0.717, 1.165) is 23.4 Å². The van der Waals surface area contributed by atoms with Gasteiger partial charge in [-0.15, -0.1) is 0 Å². The summed E-state index contributed by atoms with van der Waals surface area (Å²) in [6.07, 6.45) is 2.45. The normalized spacial score (nSPS) is 20.4. The summed E-state index contributed by atoms with van der Waals surface area (Å²) in [5.74, 6) is -0.0639. The number of carboxylic acids is 1. The lowest BCUT2D eigenvalue weighted by Gasteiger charge is -2.07. The lowest BCUT2D eigenvalue weighted by atomic mass is 10.1. The first kappa shape index (κ1) is 12.7. The van der Waals surface area contributed by atoms with Crippen molar-refractivity contribution in [3.05, 3.63) is 59.9 Å². The molecule has 3 rings (SSSR count). The van der Waals surface area contributed by atoms with E-state index in [0.29, 0.717) is 6.61 Å². The van der Waals surface area contributed by atoms with Crippen LogP contribution < -0.4 is 4.74 Å². The van der Waals surface area contributed by atoms with Crippen molar-refractivity contribution < 1.29 is 14.6 Å². The van der Waals surface area contributed by atoms with Crippen molar-refractivity contribution in [1.82, 2.24) is 4.98 Å². The lowest BCUT2D eigenvalue weighted by Crippen LogP contribution is -2.00. The molecule has 1 aliphatic rings. The van der Waals surface area contributed by atoms with Crippen molar-refractivity contribution in [2.45, 2.75) is 18.9 Å². The largest absolute Gasteiger partial charge is 0.487 e. The fourth-order valence-electron chi connectivity index (χ4n) is 2.31. The van der Waals surface area contributed by atoms with Crippen LogP contribution in [0.2, 0.25) is 0 Å². The molecule has 20 heavy (non-hydrogen) atoms. The van der Waals surface area contributed by atoms with Gasteiger partial charge in [-0.1, -0.05) is 18.2 Å². The Balaban J connectivity index is 1.65. The summed E-state index contributed by atoms with van der Waals surface area (Å²) in [5, 5.41) is 8.97. The minimum Gasteiger partial charge on any atom is -0.487 e. The van der Waals surface area contributed by atoms with Crippen LogP contribution in [0.15, 0.2) is 48.7 Å². The third-order valence-corrected chi connectivity index (χ3v) is 3.51. The third-order valence-electron chi connectivity index (χ3n) is 3.51. The minimum atomic E-state index is -0.713. The van der Waals surface area contributed by atoms with Crippen molar-refractivity contribution in [2.75, 3.05) is 0 Å². The predicted molar refractivity (Wildman–Crippen MR) is 73.5 cm³/mol. The molecular weight excluding hydrogens is 254 g/mol. The van der Waals surface area contributed by atoms with Gasteiger partial charge in [0.05, 0.1) is 11.6 Å². The summed E-state index contributed by atoms with van der Waals surface area (Å²) in [4.78, 5) is 15.1. The molecule has 0 amide bonds. The van der Waals surface area contributed by atoms with Gasteiger partial charge in [-0.3, -0.25) is 9.78 Å². The molecule has 2 atom stereocenters. The molecule has 1 aliphatic carbocycles. The first-order valence-electron chi connectivity index (χ1n) is 6.59. The maximum atomic E-state index is 10.9. The standard InChI is InChI=1S/C16H15NO3/c18-16(19)15-9-14(15)11-4-3-6-13(8-11)20-10-12-5-1-2-7-17-12/h1-8,14-15H,9-10H2,(H,18,19). The van der Waals surface area contributed by atoms with E-state index in [1.165, 1.54) is 0 Å². The molecule has 1 aromatic heterocycles. The summed E-state index contributed by atoms with van der Waals surface area (Å²) >= 11 is 0. The van der Waals surface area contributed by atoms with Gasteiger partial charge in [0, 0.05) is 6.20 Å². The molecule has 1 aromatic carbocycles. The molecule has 102 valence electrons. The van der Waals surface area contributed by atoms with E-state index in [2.05, 4.69) is 4.98 Å². The highest BCUT2D eigenvalue weighted by Gasteiger charge is 2.44. The monoisotopic (exact) mass is 269 g/mol. The van der Waals surface area contributed by atoms with Gasteiger partial charge in [-0.2, -0.15) is 0 Å². The summed E-state index contributed by atoms with van der Waals surface area (Å²) < 4.78 is 5.70. The van der Waals surface area contributed by atoms with Gasteiger partial charge in [-0.25, -0.2) is 0 Å². The molecule has 0 saturated heterocycles. The van der Waals surface area contributed by atoms with Crippen molar-refractivity contribution in [3.63, 3.8) is 0 Å². The number of rotatable bonds is 5. The second-order valence-electron chi connectivity index (χ2n) is 4.97. The van der Waals surface area contributed by atoms with E-state index in [1.54, 1.807) is 6.20 Å². The smallest absolute Gasteiger partial charge is 0.307 e. The number of nitrogens with zero attached hydrogens (tertiary/aromatic N) is 1. The number of ether oxygens (including phenoxy) is 1. The van der Waals surface area contributed by atoms with Crippen molar-refractivity contribution in [1.29, 1.82) is 0 Å². The quantitative estimate of drug-likeness (QED) is 0.906. The van der Waals surface area contributed by atoms with Gasteiger partial charge in [0.1, 0.15) is 12.4 Å². The fourth-order valence-corrected chi connectivity index (χ4v) is 2.31. The van der Waals surface area contributed by atoms with Crippen LogP contribution in [0.5, 0.6) is 5.75 Å². The van der Waals surface area contributed by atoms with E-state index < -0.39 is 5.97 Å². The number of benzene rings is 1. The van der Waals surface area contributed by atoms with E-state index in [9.17, 15) is 4.79 Å². The zero-order valence-corrected chi connectivity index (χ0v) is 10.9. The summed E-state index contributed by atoms with van der Waals surface area (Å²) in [7, 11) is 0. The van der Waals surface area contributed by atoms with E-state index in [-0.39, 0.29) is 11.8 Å². The summed E-state index contributed by atoms with van der Waals surface area (Å²) in [6.45, 7) is 0.414. The van der Waals surface area contributed by atoms with Gasteiger partial charge in [0.25, 0.3) is 0 Å². The van der Waals surface area contributed by atoms with Crippen LogP contribution in [0, 0.1) is 5.92 Å². The Morgan fingerprint density at radius 3 is 2.90 bits per heavy atom. The van der Waals surface area contributed by atoms with Crippen LogP contribution in [-0.4, -0.2) is 16.1 Å². The van der Waals surface area contributed by atoms with Gasteiger partial charge < -0.3 is 9.84 Å². The van der Waals surface area contributed by atoms with Gasteiger partial charge in [-0.05, 0) is 42.2 Å². The average molecular weight is 269 g/mol. The third kappa shape index (κ3) is 2.79. The van der Waals surface area contributed by atoms with Crippen LogP contribution in [0.1, 0.15) is 23.6 Å². The molecule has 0 bridgehead atoms. The molecule has 1 heterocycles. The van der Waals surface area contributed by atoms with Crippen LogP contribution in [-0.2, 0) is 11.4 Å². The molecule has 2 aromatic rings. The molecule has 1 fully saturated rings. The highest BCUT2D eigenvalue weighted by atomic mass is 16.5. The van der Waals surface area contributed by atoms with Crippen molar-refractivity contribution >= 4 is 5.97 Å². The van der Waals surface area contributed by atoms with Crippen LogP contribution in [0.3, 0.4) is 0 Å². The number of carbonyl (C=O) groups is 1. The van der Waals surface area contributed by atoms with Crippen molar-refractivity contribution in [3.8, 4) is 5.75 Å². The SMILES string of the molecule is O=C(O)C1CC1c1cccc(OCc2ccccn2)c1. The maximum absolute atomic E-state index is 10.9. The van der Waals surface area contributed by atoms with Gasteiger partial charge in [0.15, 0.2) is 0 Å². The van der Waals surface area contributed by atoms with E-state index in [1.807, 2.05) is 42.5 Å². The Kier molecular flexibility index (Phi) is 3.37. The topological polar surface area (TPSA) is 59.4 Å². The summed E-state index contributed by atoms with van der Waals surface area (Å²) in [6, 6.07) is 13.4. The Labute approximate surface area is 117 Å². The molecule has 1 saturated carbocycles. The number of hydrogen-bond donors (Lipinski definition) is 1. The molecule has 4 nitrogen and oxygen atoms in total. The Bertz CT molecular complexity index is 612. The zero-order valence-electron chi connectivity index (χ0n) is 10.9. The lowest BCUT2D eigenvalue weighted by molar-refractivity contribution is -0.138. The predicted octanol–water partition coefficient (Wildman–Crippen LogP) is 2.85.